The zero-order chi connectivity index (χ0) is 12.3. The minimum Gasteiger partial charge on any atom is -0.500 e. The van der Waals surface area contributed by atoms with Crippen molar-refractivity contribution >= 4 is 5.69 Å². The number of hydrogen-bond donors (Lipinski definition) is 2. The van der Waals surface area contributed by atoms with Crippen LogP contribution in [0.1, 0.15) is 11.7 Å². The van der Waals surface area contributed by atoms with Crippen LogP contribution in [0.5, 0.6) is 11.5 Å². The van der Waals surface area contributed by atoms with Gasteiger partial charge in [0.15, 0.2) is 5.75 Å². The second-order valence-electron chi connectivity index (χ2n) is 3.02. The summed E-state index contributed by atoms with van der Waals surface area (Å²) >= 11 is 0. The van der Waals surface area contributed by atoms with Gasteiger partial charge in [-0.1, -0.05) is 0 Å². The van der Waals surface area contributed by atoms with Gasteiger partial charge in [-0.2, -0.15) is 0 Å². The first-order valence-electron chi connectivity index (χ1n) is 4.30. The number of nitrogens with zero attached hydrogens (tertiary/aromatic N) is 1. The fraction of sp³-hybridized carbons (Fsp3) is 0.333. The number of rotatable bonds is 4. The van der Waals surface area contributed by atoms with Crippen LogP contribution in [0.25, 0.3) is 0 Å². The van der Waals surface area contributed by atoms with E-state index in [1.54, 1.807) is 0 Å². The molecule has 1 unspecified atom stereocenters. The molecule has 1 atom stereocenters. The molecule has 0 aliphatic heterocycles. The van der Waals surface area contributed by atoms with Gasteiger partial charge in [-0.15, -0.1) is 0 Å². The number of benzene rings is 1. The maximum absolute atomic E-state index is 12.2. The lowest BCUT2D eigenvalue weighted by atomic mass is 10.1. The molecule has 0 saturated carbocycles. The molecule has 1 aromatic carbocycles. The average molecular weight is 231 g/mol. The normalized spacial score (nSPS) is 12.2. The molecular formula is C9H10FNO5. The predicted octanol–water partition coefficient (Wildman–Crippen LogP) is 1.31. The van der Waals surface area contributed by atoms with Crippen molar-refractivity contribution in [3.63, 3.8) is 0 Å². The Morgan fingerprint density at radius 3 is 2.69 bits per heavy atom. The van der Waals surface area contributed by atoms with E-state index >= 15 is 0 Å². The van der Waals surface area contributed by atoms with Gasteiger partial charge in [0.05, 0.1) is 12.0 Å². The van der Waals surface area contributed by atoms with Gasteiger partial charge >= 0.3 is 5.69 Å². The van der Waals surface area contributed by atoms with Crippen LogP contribution in [0.2, 0.25) is 0 Å². The Balaban J connectivity index is 3.34. The summed E-state index contributed by atoms with van der Waals surface area (Å²) in [6.07, 6.45) is -1.48. The third-order valence-corrected chi connectivity index (χ3v) is 2.02. The molecule has 16 heavy (non-hydrogen) atoms. The van der Waals surface area contributed by atoms with Crippen LogP contribution in [-0.2, 0) is 0 Å². The van der Waals surface area contributed by atoms with E-state index in [4.69, 9.17) is 0 Å². The molecule has 0 amide bonds. The number of phenols is 1. The highest BCUT2D eigenvalue weighted by atomic mass is 19.1. The van der Waals surface area contributed by atoms with Gasteiger partial charge in [-0.25, -0.2) is 4.39 Å². The number of nitro benzene ring substituents is 1. The summed E-state index contributed by atoms with van der Waals surface area (Å²) in [5.41, 5.74) is -0.661. The minimum absolute atomic E-state index is 0.0242. The highest BCUT2D eigenvalue weighted by molar-refractivity contribution is 5.57. The number of nitro groups is 1. The van der Waals surface area contributed by atoms with E-state index < -0.39 is 29.1 Å². The summed E-state index contributed by atoms with van der Waals surface area (Å²) in [5.74, 6) is -0.834. The summed E-state index contributed by atoms with van der Waals surface area (Å²) in [6, 6.07) is 2.05. The first-order chi connectivity index (χ1) is 7.51. The molecule has 7 heteroatoms. The lowest BCUT2D eigenvalue weighted by molar-refractivity contribution is -0.386. The second-order valence-corrected chi connectivity index (χ2v) is 3.02. The number of aliphatic hydroxyl groups excluding tert-OH is 1. The molecule has 0 radical (unpaired) electrons. The number of ether oxygens (including phenoxy) is 1. The van der Waals surface area contributed by atoms with Crippen LogP contribution in [0.4, 0.5) is 10.1 Å². The number of halogens is 1. The third kappa shape index (κ3) is 2.19. The first-order valence-corrected chi connectivity index (χ1v) is 4.30. The SMILES string of the molecule is COc1cc(C(O)CF)cc([N+](=O)[O-])c1O. The molecular weight excluding hydrogens is 221 g/mol. The summed E-state index contributed by atoms with van der Waals surface area (Å²) < 4.78 is 16.9. The van der Waals surface area contributed by atoms with Gasteiger partial charge in [-0.05, 0) is 11.6 Å². The predicted molar refractivity (Wildman–Crippen MR) is 52.2 cm³/mol. The molecule has 0 heterocycles. The Morgan fingerprint density at radius 1 is 1.62 bits per heavy atom. The van der Waals surface area contributed by atoms with Crippen LogP contribution < -0.4 is 4.74 Å². The quantitative estimate of drug-likeness (QED) is 0.602. The highest BCUT2D eigenvalue weighted by Crippen LogP contribution is 2.38. The molecule has 0 aliphatic rings. The van der Waals surface area contributed by atoms with Crippen molar-refractivity contribution in [2.45, 2.75) is 6.10 Å². The fourth-order valence-corrected chi connectivity index (χ4v) is 1.19. The number of alkyl halides is 1. The number of aromatic hydroxyl groups is 1. The van der Waals surface area contributed by atoms with Crippen LogP contribution in [-0.4, -0.2) is 28.9 Å². The average Bonchev–Trinajstić information content (AvgIpc) is 2.27. The van der Waals surface area contributed by atoms with Gasteiger partial charge in [0.2, 0.25) is 5.75 Å². The monoisotopic (exact) mass is 231 g/mol. The smallest absolute Gasteiger partial charge is 0.315 e. The van der Waals surface area contributed by atoms with E-state index in [1.807, 2.05) is 0 Å². The number of hydrogen-bond acceptors (Lipinski definition) is 5. The fourth-order valence-electron chi connectivity index (χ4n) is 1.19. The van der Waals surface area contributed by atoms with Crippen LogP contribution in [0.15, 0.2) is 12.1 Å². The highest BCUT2D eigenvalue weighted by Gasteiger charge is 2.22. The summed E-state index contributed by atoms with van der Waals surface area (Å²) in [4.78, 5) is 9.73. The largest absolute Gasteiger partial charge is 0.500 e. The molecule has 0 aliphatic carbocycles. The van der Waals surface area contributed by atoms with E-state index in [1.165, 1.54) is 7.11 Å². The molecule has 2 N–H and O–H groups in total. The topological polar surface area (TPSA) is 92.8 Å². The van der Waals surface area contributed by atoms with Crippen molar-refractivity contribution in [2.24, 2.45) is 0 Å². The van der Waals surface area contributed by atoms with Gasteiger partial charge in [0.25, 0.3) is 0 Å². The van der Waals surface area contributed by atoms with Crippen LogP contribution >= 0.6 is 0 Å². The van der Waals surface area contributed by atoms with Gasteiger partial charge in [0, 0.05) is 6.07 Å². The Bertz CT molecular complexity index is 409. The van der Waals surface area contributed by atoms with Crippen molar-refractivity contribution in [3.05, 3.63) is 27.8 Å². The third-order valence-electron chi connectivity index (χ3n) is 2.02. The molecule has 0 spiro atoms. The number of methoxy groups -OCH3 is 1. The standard InChI is InChI=1S/C9H10FNO5/c1-16-8-3-5(7(12)4-10)2-6(9(8)13)11(14)15/h2-3,7,12-13H,4H2,1H3. The lowest BCUT2D eigenvalue weighted by Crippen LogP contribution is -2.02. The zero-order valence-electron chi connectivity index (χ0n) is 8.38. The van der Waals surface area contributed by atoms with Crippen molar-refractivity contribution < 1.29 is 24.3 Å². The zero-order valence-corrected chi connectivity index (χ0v) is 8.38. The minimum atomic E-state index is -1.48. The number of phenolic OH excluding ortho intramolecular Hbond substituents is 1. The van der Waals surface area contributed by atoms with Crippen LogP contribution in [0.3, 0.4) is 0 Å². The van der Waals surface area contributed by atoms with Gasteiger partial charge in [-0.3, -0.25) is 10.1 Å². The molecule has 88 valence electrons. The molecule has 1 aromatic rings. The Kier molecular flexibility index (Phi) is 3.62. The second kappa shape index (κ2) is 4.75. The maximum Gasteiger partial charge on any atom is 0.315 e. The Hall–Kier alpha value is -1.89. The van der Waals surface area contributed by atoms with E-state index in [9.17, 15) is 24.7 Å². The van der Waals surface area contributed by atoms with Crippen molar-refractivity contribution in [3.8, 4) is 11.5 Å². The van der Waals surface area contributed by atoms with E-state index in [0.29, 0.717) is 0 Å². The van der Waals surface area contributed by atoms with E-state index in [2.05, 4.69) is 4.74 Å². The Morgan fingerprint density at radius 2 is 2.25 bits per heavy atom. The van der Waals surface area contributed by atoms with Crippen molar-refractivity contribution in [1.29, 1.82) is 0 Å². The van der Waals surface area contributed by atoms with Crippen molar-refractivity contribution in [1.82, 2.24) is 0 Å². The van der Waals surface area contributed by atoms with E-state index in [0.717, 1.165) is 12.1 Å². The van der Waals surface area contributed by atoms with Crippen LogP contribution in [0, 0.1) is 10.1 Å². The Labute approximate surface area is 90.0 Å². The van der Waals surface area contributed by atoms with Gasteiger partial charge < -0.3 is 14.9 Å². The molecule has 6 nitrogen and oxygen atoms in total. The first kappa shape index (κ1) is 12.2. The summed E-state index contributed by atoms with van der Waals surface area (Å²) in [6.45, 7) is -1.08. The van der Waals surface area contributed by atoms with Crippen molar-refractivity contribution in [2.75, 3.05) is 13.8 Å². The maximum atomic E-state index is 12.2. The summed E-state index contributed by atoms with van der Waals surface area (Å²) in [7, 11) is 1.20. The molecule has 0 saturated heterocycles. The molecule has 0 aromatic heterocycles. The lowest BCUT2D eigenvalue weighted by Gasteiger charge is -2.10. The molecule has 0 bridgehead atoms. The van der Waals surface area contributed by atoms with E-state index in [-0.39, 0.29) is 11.3 Å². The molecule has 0 fully saturated rings. The number of aliphatic hydroxyl groups is 1. The summed E-state index contributed by atoms with van der Waals surface area (Å²) in [5, 5.41) is 29.2. The molecule has 1 rings (SSSR count). The van der Waals surface area contributed by atoms with Gasteiger partial charge in [0.1, 0.15) is 12.8 Å².